The fourth-order valence-corrected chi connectivity index (χ4v) is 2.36. The molecule has 1 aromatic heterocycles. The van der Waals surface area contributed by atoms with Crippen LogP contribution in [0.2, 0.25) is 0 Å². The number of carbonyl (C=O) groups is 1. The van der Waals surface area contributed by atoms with E-state index in [9.17, 15) is 4.79 Å². The normalized spacial score (nSPS) is 16.0. The number of hydrogen-bond donors (Lipinski definition) is 2. The molecule has 1 saturated heterocycles. The Balaban J connectivity index is 1.60. The number of nitrogens with two attached hydrogens (primary N) is 1. The molecule has 1 fully saturated rings. The molecule has 9 heteroatoms. The Hall–Kier alpha value is -1.45. The van der Waals surface area contributed by atoms with E-state index in [-0.39, 0.29) is 17.6 Å². The quantitative estimate of drug-likeness (QED) is 0.644. The molecule has 0 saturated carbocycles. The number of carbonyl (C=O) groups excluding carboxylic acids is 1. The second kappa shape index (κ2) is 7.98. The van der Waals surface area contributed by atoms with Crippen LogP contribution >= 0.6 is 11.8 Å². The molecular weight excluding hydrogens is 280 g/mol. The highest BCUT2D eigenvalue weighted by molar-refractivity contribution is 7.99. The van der Waals surface area contributed by atoms with E-state index in [4.69, 9.17) is 10.5 Å². The average Bonchev–Trinajstić information content (AvgIpc) is 2.46. The molecule has 3 N–H and O–H groups in total. The van der Waals surface area contributed by atoms with Crippen LogP contribution in [0.3, 0.4) is 0 Å². The van der Waals surface area contributed by atoms with Crippen molar-refractivity contribution in [3.8, 4) is 0 Å². The number of morpholine rings is 1. The summed E-state index contributed by atoms with van der Waals surface area (Å²) in [6.45, 7) is 4.87. The molecule has 0 unspecified atom stereocenters. The Kier molecular flexibility index (Phi) is 5.96. The predicted molar refractivity (Wildman–Crippen MR) is 75.2 cm³/mol. The minimum atomic E-state index is -0.0396. The van der Waals surface area contributed by atoms with Gasteiger partial charge in [-0.15, -0.1) is 0 Å². The Morgan fingerprint density at radius 3 is 3.00 bits per heavy atom. The minimum absolute atomic E-state index is 0.0396. The molecule has 2 rings (SSSR count). The standard InChI is InChI=1S/C11H18N6O2S/c12-10-14-8-15-11(16-10)20-7-9(18)13-1-2-17-3-5-19-6-4-17/h8H,1-7H2,(H,13,18)(H2,12,14,15,16). The summed E-state index contributed by atoms with van der Waals surface area (Å²) in [5.41, 5.74) is 5.44. The van der Waals surface area contributed by atoms with Crippen molar-refractivity contribution in [2.75, 3.05) is 50.9 Å². The SMILES string of the molecule is Nc1ncnc(SCC(=O)NCCN2CCOCC2)n1. The van der Waals surface area contributed by atoms with Gasteiger partial charge in [0.1, 0.15) is 6.33 Å². The first-order valence-corrected chi connectivity index (χ1v) is 7.37. The van der Waals surface area contributed by atoms with E-state index in [0.29, 0.717) is 11.7 Å². The fraction of sp³-hybridized carbons (Fsp3) is 0.636. The van der Waals surface area contributed by atoms with Gasteiger partial charge in [-0.3, -0.25) is 9.69 Å². The van der Waals surface area contributed by atoms with E-state index in [2.05, 4.69) is 25.2 Å². The number of thioether (sulfide) groups is 1. The summed E-state index contributed by atoms with van der Waals surface area (Å²) in [5.74, 6) is 0.393. The zero-order chi connectivity index (χ0) is 14.2. The molecular formula is C11H18N6O2S. The molecule has 1 aliphatic rings. The van der Waals surface area contributed by atoms with Gasteiger partial charge in [-0.25, -0.2) is 9.97 Å². The van der Waals surface area contributed by atoms with Crippen LogP contribution in [0.15, 0.2) is 11.5 Å². The van der Waals surface area contributed by atoms with Crippen LogP contribution in [0.1, 0.15) is 0 Å². The second-order valence-corrected chi connectivity index (χ2v) is 5.16. The molecule has 1 aliphatic heterocycles. The van der Waals surface area contributed by atoms with Gasteiger partial charge < -0.3 is 15.8 Å². The van der Waals surface area contributed by atoms with Crippen molar-refractivity contribution in [1.82, 2.24) is 25.2 Å². The van der Waals surface area contributed by atoms with E-state index >= 15 is 0 Å². The molecule has 0 aromatic carbocycles. The first kappa shape index (κ1) is 14.9. The van der Waals surface area contributed by atoms with Gasteiger partial charge in [0, 0.05) is 26.2 Å². The first-order chi connectivity index (χ1) is 9.74. The smallest absolute Gasteiger partial charge is 0.230 e. The lowest BCUT2D eigenvalue weighted by Crippen LogP contribution is -2.41. The van der Waals surface area contributed by atoms with Gasteiger partial charge in [0.05, 0.1) is 19.0 Å². The number of nitrogens with zero attached hydrogens (tertiary/aromatic N) is 4. The summed E-state index contributed by atoms with van der Waals surface area (Å²) in [7, 11) is 0. The second-order valence-electron chi connectivity index (χ2n) is 4.22. The first-order valence-electron chi connectivity index (χ1n) is 6.38. The molecule has 0 bridgehead atoms. The maximum atomic E-state index is 11.7. The maximum absolute atomic E-state index is 11.7. The molecule has 110 valence electrons. The van der Waals surface area contributed by atoms with Gasteiger partial charge in [0.2, 0.25) is 11.9 Å². The van der Waals surface area contributed by atoms with E-state index in [1.807, 2.05) is 0 Å². The lowest BCUT2D eigenvalue weighted by molar-refractivity contribution is -0.118. The fourth-order valence-electron chi connectivity index (χ4n) is 1.72. The zero-order valence-electron chi connectivity index (χ0n) is 11.1. The van der Waals surface area contributed by atoms with Crippen LogP contribution in [0.4, 0.5) is 5.95 Å². The largest absolute Gasteiger partial charge is 0.379 e. The van der Waals surface area contributed by atoms with Crippen molar-refractivity contribution >= 4 is 23.6 Å². The molecule has 1 amide bonds. The van der Waals surface area contributed by atoms with Gasteiger partial charge in [0.15, 0.2) is 5.16 Å². The van der Waals surface area contributed by atoms with E-state index < -0.39 is 0 Å². The lowest BCUT2D eigenvalue weighted by atomic mass is 10.4. The van der Waals surface area contributed by atoms with Gasteiger partial charge in [-0.1, -0.05) is 11.8 Å². The van der Waals surface area contributed by atoms with E-state index in [0.717, 1.165) is 32.8 Å². The minimum Gasteiger partial charge on any atom is -0.379 e. The third kappa shape index (κ3) is 5.27. The van der Waals surface area contributed by atoms with Crippen molar-refractivity contribution in [3.05, 3.63) is 6.33 Å². The van der Waals surface area contributed by atoms with Crippen LogP contribution in [0.25, 0.3) is 0 Å². The van der Waals surface area contributed by atoms with Gasteiger partial charge in [0.25, 0.3) is 0 Å². The highest BCUT2D eigenvalue weighted by Gasteiger charge is 2.10. The van der Waals surface area contributed by atoms with Crippen LogP contribution < -0.4 is 11.1 Å². The van der Waals surface area contributed by atoms with Crippen molar-refractivity contribution in [2.24, 2.45) is 0 Å². The van der Waals surface area contributed by atoms with Gasteiger partial charge >= 0.3 is 0 Å². The van der Waals surface area contributed by atoms with Crippen molar-refractivity contribution < 1.29 is 9.53 Å². The summed E-state index contributed by atoms with van der Waals surface area (Å²) in [6.07, 6.45) is 1.33. The molecule has 0 radical (unpaired) electrons. The predicted octanol–water partition coefficient (Wildman–Crippen LogP) is -1.01. The molecule has 1 aromatic rings. The maximum Gasteiger partial charge on any atom is 0.230 e. The van der Waals surface area contributed by atoms with Gasteiger partial charge in [-0.05, 0) is 0 Å². The number of nitrogens with one attached hydrogen (secondary N) is 1. The van der Waals surface area contributed by atoms with Crippen LogP contribution in [-0.4, -0.2) is 70.9 Å². The number of ether oxygens (including phenoxy) is 1. The number of aromatic nitrogens is 3. The average molecular weight is 298 g/mol. The molecule has 0 atom stereocenters. The molecule has 0 aliphatic carbocycles. The van der Waals surface area contributed by atoms with Gasteiger partial charge in [-0.2, -0.15) is 4.98 Å². The molecule has 2 heterocycles. The highest BCUT2D eigenvalue weighted by atomic mass is 32.2. The van der Waals surface area contributed by atoms with Crippen LogP contribution in [0, 0.1) is 0 Å². The summed E-state index contributed by atoms with van der Waals surface area (Å²) < 4.78 is 5.26. The Labute approximate surface area is 121 Å². The zero-order valence-corrected chi connectivity index (χ0v) is 11.9. The van der Waals surface area contributed by atoms with Crippen LogP contribution in [0.5, 0.6) is 0 Å². The Morgan fingerprint density at radius 2 is 2.25 bits per heavy atom. The highest BCUT2D eigenvalue weighted by Crippen LogP contribution is 2.11. The van der Waals surface area contributed by atoms with Crippen molar-refractivity contribution in [1.29, 1.82) is 0 Å². The van der Waals surface area contributed by atoms with Crippen molar-refractivity contribution in [2.45, 2.75) is 5.16 Å². The van der Waals surface area contributed by atoms with E-state index in [1.165, 1.54) is 18.1 Å². The molecule has 8 nitrogen and oxygen atoms in total. The molecule has 0 spiro atoms. The monoisotopic (exact) mass is 298 g/mol. The van der Waals surface area contributed by atoms with Crippen molar-refractivity contribution in [3.63, 3.8) is 0 Å². The number of nitrogen functional groups attached to an aromatic ring is 1. The van der Waals surface area contributed by atoms with Crippen LogP contribution in [-0.2, 0) is 9.53 Å². The summed E-state index contributed by atoms with van der Waals surface area (Å²) in [5, 5.41) is 3.33. The molecule has 20 heavy (non-hydrogen) atoms. The third-order valence-corrected chi connectivity index (χ3v) is 3.62. The summed E-state index contributed by atoms with van der Waals surface area (Å²) in [6, 6.07) is 0. The summed E-state index contributed by atoms with van der Waals surface area (Å²) in [4.78, 5) is 25.5. The third-order valence-electron chi connectivity index (χ3n) is 2.75. The van der Waals surface area contributed by atoms with E-state index in [1.54, 1.807) is 0 Å². The number of hydrogen-bond acceptors (Lipinski definition) is 8. The Morgan fingerprint density at radius 1 is 1.45 bits per heavy atom. The number of anilines is 1. The number of amides is 1. The lowest BCUT2D eigenvalue weighted by Gasteiger charge is -2.26. The Bertz CT molecular complexity index is 441. The topological polar surface area (TPSA) is 106 Å². The summed E-state index contributed by atoms with van der Waals surface area (Å²) >= 11 is 1.24. The number of rotatable bonds is 6.